The number of nitrogens with one attached hydrogen (secondary N) is 2. The van der Waals surface area contributed by atoms with Crippen LogP contribution in [0.4, 0.5) is 25.2 Å². The lowest BCUT2D eigenvalue weighted by molar-refractivity contribution is -0.120. The molecule has 2 amide bonds. The van der Waals surface area contributed by atoms with Crippen LogP contribution in [0, 0.1) is 17.6 Å². The highest BCUT2D eigenvalue weighted by molar-refractivity contribution is 7.92. The molecule has 2 atom stereocenters. The number of rotatable bonds is 5. The number of carbonyl (C=O) groups is 2. The van der Waals surface area contributed by atoms with Gasteiger partial charge in [0.25, 0.3) is 5.91 Å². The summed E-state index contributed by atoms with van der Waals surface area (Å²) in [6.07, 6.45) is 1.99. The maximum absolute atomic E-state index is 14.9. The number of pyridine rings is 2. The molecular formula is C31H37F2N5O6S. The molecule has 0 spiro atoms. The molecule has 14 heteroatoms. The van der Waals surface area contributed by atoms with E-state index in [-0.39, 0.29) is 53.7 Å². The van der Waals surface area contributed by atoms with Crippen LogP contribution in [0.1, 0.15) is 46.6 Å². The predicted octanol–water partition coefficient (Wildman–Crippen LogP) is 6.00. The molecule has 0 fully saturated rings. The topological polar surface area (TPSA) is 141 Å². The lowest BCUT2D eigenvalue weighted by Gasteiger charge is -2.24. The molecule has 242 valence electrons. The number of amides is 2. The van der Waals surface area contributed by atoms with Gasteiger partial charge in [0.1, 0.15) is 40.7 Å². The van der Waals surface area contributed by atoms with Crippen LogP contribution in [0.2, 0.25) is 0 Å². The summed E-state index contributed by atoms with van der Waals surface area (Å²) in [5.41, 5.74) is 0.202. The molecule has 1 aliphatic heterocycles. The molecule has 1 aliphatic rings. The number of benzene rings is 1. The van der Waals surface area contributed by atoms with Gasteiger partial charge in [-0.2, -0.15) is 9.35 Å². The zero-order valence-electron chi connectivity index (χ0n) is 26.0. The highest BCUT2D eigenvalue weighted by Crippen LogP contribution is 2.34. The first kappa shape index (κ1) is 33.6. The van der Waals surface area contributed by atoms with Crippen molar-refractivity contribution >= 4 is 33.4 Å². The van der Waals surface area contributed by atoms with Gasteiger partial charge < -0.3 is 24.8 Å². The maximum atomic E-state index is 14.9. The average molecular weight is 646 g/mol. The minimum absolute atomic E-state index is 0.140. The summed E-state index contributed by atoms with van der Waals surface area (Å²) >= 11 is 0. The van der Waals surface area contributed by atoms with Crippen molar-refractivity contribution in [3.8, 4) is 22.8 Å². The van der Waals surface area contributed by atoms with Crippen molar-refractivity contribution in [3.05, 3.63) is 59.8 Å². The van der Waals surface area contributed by atoms with Crippen molar-refractivity contribution in [2.45, 2.75) is 58.4 Å². The molecule has 0 saturated carbocycles. The van der Waals surface area contributed by atoms with Crippen molar-refractivity contribution < 1.29 is 36.8 Å². The number of aromatic nitrogens is 2. The van der Waals surface area contributed by atoms with Gasteiger partial charge in [-0.25, -0.2) is 22.8 Å². The Morgan fingerprint density at radius 3 is 2.53 bits per heavy atom. The zero-order chi connectivity index (χ0) is 32.9. The number of nitrogens with zero attached hydrogens (tertiary/aromatic N) is 3. The van der Waals surface area contributed by atoms with Crippen molar-refractivity contribution in [1.82, 2.24) is 15.3 Å². The molecule has 0 radical (unpaired) electrons. The van der Waals surface area contributed by atoms with Crippen LogP contribution >= 0.6 is 0 Å². The van der Waals surface area contributed by atoms with Gasteiger partial charge in [0.05, 0.1) is 34.9 Å². The van der Waals surface area contributed by atoms with E-state index in [0.29, 0.717) is 17.5 Å². The molecule has 0 aliphatic carbocycles. The third kappa shape index (κ3) is 9.58. The molecular weight excluding hydrogens is 608 g/mol. The summed E-state index contributed by atoms with van der Waals surface area (Å²) in [4.78, 5) is 34.0. The van der Waals surface area contributed by atoms with Crippen LogP contribution in [0.3, 0.4) is 0 Å². The van der Waals surface area contributed by atoms with Gasteiger partial charge in [0.2, 0.25) is 5.88 Å². The normalized spacial score (nSPS) is 15.1. The number of ether oxygens (including phenoxy) is 3. The van der Waals surface area contributed by atoms with Crippen molar-refractivity contribution in [2.24, 2.45) is 10.3 Å². The predicted molar refractivity (Wildman–Crippen MR) is 166 cm³/mol. The van der Waals surface area contributed by atoms with Gasteiger partial charge in [0.15, 0.2) is 0 Å². The van der Waals surface area contributed by atoms with Crippen LogP contribution in [0.5, 0.6) is 11.6 Å². The van der Waals surface area contributed by atoms with Crippen LogP contribution in [-0.2, 0) is 25.0 Å². The van der Waals surface area contributed by atoms with Crippen molar-refractivity contribution in [2.75, 3.05) is 24.8 Å². The monoisotopic (exact) mass is 645 g/mol. The SMILES string of the molecule is CC(C)[C@H](NC(=O)OC(C)(C)C)C(=O)N=[S@](C)(=O)Cc1cc2nc(c1)OCCCOc1cc(F)ccc1-c1cc(ncc1F)N2. The first-order chi connectivity index (χ1) is 21.1. The standard InChI is InChI=1S/C31H37F2N5O6S/c1-18(2)28(37-30(40)44-31(3,4)5)29(39)38-45(6,41)17-19-12-26-35-25-15-22(23(33)16-34-25)21-9-8-20(32)14-24(21)42-10-7-11-43-27(13-19)36-26/h8-9,12-16,18,28H,7,10-11,17H2,1-6H3,(H,37,40)(H,34,35,36)/t28-,45+/m0/s1. The Morgan fingerprint density at radius 1 is 1.09 bits per heavy atom. The van der Waals surface area contributed by atoms with Crippen molar-refractivity contribution in [1.29, 1.82) is 0 Å². The highest BCUT2D eigenvalue weighted by atomic mass is 32.2. The Labute approximate surface area is 261 Å². The molecule has 2 aromatic heterocycles. The molecule has 3 heterocycles. The molecule has 1 aromatic carbocycles. The Kier molecular flexibility index (Phi) is 10.3. The number of alkyl carbamates (subject to hydrolysis) is 1. The fourth-order valence-corrected chi connectivity index (χ4v) is 5.76. The molecule has 45 heavy (non-hydrogen) atoms. The number of hydrogen-bond acceptors (Lipinski definition) is 9. The summed E-state index contributed by atoms with van der Waals surface area (Å²) in [7, 11) is -3.15. The third-order valence-electron chi connectivity index (χ3n) is 6.33. The summed E-state index contributed by atoms with van der Waals surface area (Å²) < 4.78 is 63.4. The van der Waals surface area contributed by atoms with Gasteiger partial charge in [-0.3, -0.25) is 4.79 Å². The fraction of sp³-hybridized carbons (Fsp3) is 0.419. The molecule has 11 nitrogen and oxygen atoms in total. The molecule has 0 saturated heterocycles. The molecule has 4 bridgehead atoms. The van der Waals surface area contributed by atoms with E-state index in [1.807, 2.05) is 0 Å². The minimum Gasteiger partial charge on any atom is -0.493 e. The second kappa shape index (κ2) is 13.8. The van der Waals surface area contributed by atoms with E-state index >= 15 is 0 Å². The average Bonchev–Trinajstić information content (AvgIpc) is 2.90. The van der Waals surface area contributed by atoms with Crippen LogP contribution in [-0.4, -0.2) is 57.3 Å². The van der Waals surface area contributed by atoms with Crippen LogP contribution in [0.25, 0.3) is 11.1 Å². The van der Waals surface area contributed by atoms with Gasteiger partial charge in [-0.1, -0.05) is 13.8 Å². The summed E-state index contributed by atoms with van der Waals surface area (Å²) in [6.45, 7) is 8.89. The summed E-state index contributed by atoms with van der Waals surface area (Å²) in [5.74, 6) is -1.55. The van der Waals surface area contributed by atoms with E-state index in [2.05, 4.69) is 25.0 Å². The summed E-state index contributed by atoms with van der Waals surface area (Å²) in [6, 6.07) is 7.41. The maximum Gasteiger partial charge on any atom is 0.408 e. The lowest BCUT2D eigenvalue weighted by Crippen LogP contribution is -2.46. The van der Waals surface area contributed by atoms with E-state index in [0.717, 1.165) is 6.20 Å². The number of anilines is 2. The van der Waals surface area contributed by atoms with E-state index in [4.69, 9.17) is 14.2 Å². The first-order valence-corrected chi connectivity index (χ1v) is 16.4. The second-order valence-corrected chi connectivity index (χ2v) is 14.4. The summed E-state index contributed by atoms with van der Waals surface area (Å²) in [5, 5.41) is 5.54. The number of fused-ring (bicyclic) bond motifs is 6. The van der Waals surface area contributed by atoms with E-state index in [1.54, 1.807) is 46.8 Å². The molecule has 0 unspecified atom stereocenters. The quantitative estimate of drug-likeness (QED) is 0.342. The Morgan fingerprint density at radius 2 is 1.82 bits per heavy atom. The number of hydrogen-bond donors (Lipinski definition) is 2. The first-order valence-electron chi connectivity index (χ1n) is 14.3. The molecule has 2 N–H and O–H groups in total. The molecule has 4 rings (SSSR count). The fourth-order valence-electron chi connectivity index (χ4n) is 4.42. The van der Waals surface area contributed by atoms with Crippen LogP contribution in [0.15, 0.2) is 47.0 Å². The van der Waals surface area contributed by atoms with E-state index in [1.165, 1.54) is 30.5 Å². The Balaban J connectivity index is 1.63. The number of halogens is 2. The van der Waals surface area contributed by atoms with Gasteiger partial charge in [-0.05, 0) is 56.5 Å². The van der Waals surface area contributed by atoms with E-state index in [9.17, 15) is 22.6 Å². The lowest BCUT2D eigenvalue weighted by atomic mass is 10.0. The number of carbonyl (C=O) groups excluding carboxylic acids is 2. The van der Waals surface area contributed by atoms with Gasteiger partial charge >= 0.3 is 6.09 Å². The minimum atomic E-state index is -3.15. The third-order valence-corrected chi connectivity index (χ3v) is 7.76. The molecule has 3 aromatic rings. The Hall–Kier alpha value is -4.33. The van der Waals surface area contributed by atoms with Gasteiger partial charge in [0, 0.05) is 35.9 Å². The zero-order valence-corrected chi connectivity index (χ0v) is 26.8. The largest absolute Gasteiger partial charge is 0.493 e. The smallest absolute Gasteiger partial charge is 0.408 e. The van der Waals surface area contributed by atoms with Crippen LogP contribution < -0.4 is 20.1 Å². The van der Waals surface area contributed by atoms with Crippen molar-refractivity contribution in [3.63, 3.8) is 0 Å². The van der Waals surface area contributed by atoms with Gasteiger partial charge in [-0.15, -0.1) is 0 Å². The van der Waals surface area contributed by atoms with E-state index < -0.39 is 45.0 Å². The highest BCUT2D eigenvalue weighted by Gasteiger charge is 2.28. The Bertz CT molecular complexity index is 1700. The second-order valence-electron chi connectivity index (χ2n) is 12.0.